The van der Waals surface area contributed by atoms with Crippen LogP contribution in [0.15, 0.2) is 35.8 Å². The smallest absolute Gasteiger partial charge is 0.400 e. The summed E-state index contributed by atoms with van der Waals surface area (Å²) in [5.41, 5.74) is 1.97. The van der Waals surface area contributed by atoms with Crippen LogP contribution in [0.25, 0.3) is 6.08 Å². The van der Waals surface area contributed by atoms with Crippen molar-refractivity contribution in [2.45, 2.75) is 78.9 Å². The molecule has 3 heteroatoms. The van der Waals surface area contributed by atoms with Crippen LogP contribution in [-0.2, 0) is 9.31 Å². The first-order valence-corrected chi connectivity index (χ1v) is 9.34. The zero-order valence-corrected chi connectivity index (χ0v) is 16.5. The predicted molar refractivity (Wildman–Crippen MR) is 104 cm³/mol. The lowest BCUT2D eigenvalue weighted by atomic mass is 9.58. The van der Waals surface area contributed by atoms with Gasteiger partial charge in [0.25, 0.3) is 0 Å². The number of benzene rings is 1. The van der Waals surface area contributed by atoms with E-state index in [1.54, 1.807) is 0 Å². The maximum absolute atomic E-state index is 6.42. The number of hydrogen-bond donors (Lipinski definition) is 0. The van der Waals surface area contributed by atoms with Gasteiger partial charge in [-0.2, -0.15) is 0 Å². The summed E-state index contributed by atoms with van der Waals surface area (Å²) < 4.78 is 12.8. The van der Waals surface area contributed by atoms with Crippen molar-refractivity contribution in [2.24, 2.45) is 5.41 Å². The van der Waals surface area contributed by atoms with Crippen LogP contribution < -0.4 is 0 Å². The predicted octanol–water partition coefficient (Wildman–Crippen LogP) is 5.92. The van der Waals surface area contributed by atoms with Crippen molar-refractivity contribution < 1.29 is 9.31 Å². The third-order valence-electron chi connectivity index (χ3n) is 6.27. The SMILES string of the molecule is CCC(CC)(CC)C(=Cc1ccccc1)B1OC(C)(C)C(C)(C)O1. The molecular formula is C21H33BO2. The van der Waals surface area contributed by atoms with E-state index in [-0.39, 0.29) is 23.7 Å². The molecule has 1 aromatic rings. The summed E-state index contributed by atoms with van der Waals surface area (Å²) in [5.74, 6) is 0. The van der Waals surface area contributed by atoms with Crippen LogP contribution in [0.1, 0.15) is 73.3 Å². The van der Waals surface area contributed by atoms with Crippen LogP contribution in [0.2, 0.25) is 0 Å². The molecule has 0 atom stereocenters. The summed E-state index contributed by atoms with van der Waals surface area (Å²) in [4.78, 5) is 0. The van der Waals surface area contributed by atoms with Gasteiger partial charge < -0.3 is 9.31 Å². The van der Waals surface area contributed by atoms with E-state index in [2.05, 4.69) is 84.9 Å². The van der Waals surface area contributed by atoms with E-state index in [0.717, 1.165) is 19.3 Å². The molecule has 0 N–H and O–H groups in total. The number of rotatable bonds is 6. The van der Waals surface area contributed by atoms with Crippen LogP contribution in [0.3, 0.4) is 0 Å². The maximum atomic E-state index is 6.42. The normalized spacial score (nSPS) is 20.5. The van der Waals surface area contributed by atoms with Gasteiger partial charge >= 0.3 is 7.12 Å². The van der Waals surface area contributed by atoms with Crippen molar-refractivity contribution in [2.75, 3.05) is 0 Å². The van der Waals surface area contributed by atoms with Crippen molar-refractivity contribution in [1.29, 1.82) is 0 Å². The highest BCUT2D eigenvalue weighted by Gasteiger charge is 2.54. The first-order valence-electron chi connectivity index (χ1n) is 9.34. The Morgan fingerprint density at radius 2 is 1.38 bits per heavy atom. The fraction of sp³-hybridized carbons (Fsp3) is 0.619. The summed E-state index contributed by atoms with van der Waals surface area (Å²) in [6, 6.07) is 10.5. The lowest BCUT2D eigenvalue weighted by Crippen LogP contribution is -2.41. The molecule has 0 aliphatic carbocycles. The Kier molecular flexibility index (Phi) is 5.66. The van der Waals surface area contributed by atoms with Gasteiger partial charge in [-0.05, 0) is 63.4 Å². The van der Waals surface area contributed by atoms with Gasteiger partial charge in [-0.15, -0.1) is 0 Å². The molecule has 132 valence electrons. The van der Waals surface area contributed by atoms with Gasteiger partial charge in [0.05, 0.1) is 11.2 Å². The molecule has 0 amide bonds. The quantitative estimate of drug-likeness (QED) is 0.604. The van der Waals surface area contributed by atoms with Gasteiger partial charge in [0.15, 0.2) is 0 Å². The van der Waals surface area contributed by atoms with E-state index < -0.39 is 0 Å². The van der Waals surface area contributed by atoms with Crippen molar-refractivity contribution >= 4 is 13.2 Å². The molecule has 0 spiro atoms. The minimum atomic E-state index is -0.311. The Balaban J connectivity index is 2.51. The average Bonchev–Trinajstić information content (AvgIpc) is 2.77. The molecule has 0 saturated carbocycles. The fourth-order valence-corrected chi connectivity index (χ4v) is 3.53. The van der Waals surface area contributed by atoms with Crippen molar-refractivity contribution in [3.8, 4) is 0 Å². The Labute approximate surface area is 148 Å². The molecular weight excluding hydrogens is 295 g/mol. The Hall–Kier alpha value is -1.06. The highest BCUT2D eigenvalue weighted by Crippen LogP contribution is 2.47. The molecule has 0 bridgehead atoms. The van der Waals surface area contributed by atoms with E-state index in [1.165, 1.54) is 11.0 Å². The van der Waals surface area contributed by atoms with Gasteiger partial charge in [-0.3, -0.25) is 0 Å². The van der Waals surface area contributed by atoms with E-state index in [9.17, 15) is 0 Å². The number of allylic oxidation sites excluding steroid dienone is 1. The van der Waals surface area contributed by atoms with Crippen LogP contribution >= 0.6 is 0 Å². The topological polar surface area (TPSA) is 18.5 Å². The summed E-state index contributed by atoms with van der Waals surface area (Å²) in [6.45, 7) is 15.3. The second-order valence-electron chi connectivity index (χ2n) is 7.94. The average molecular weight is 328 g/mol. The molecule has 1 heterocycles. The van der Waals surface area contributed by atoms with Crippen LogP contribution in [0, 0.1) is 5.41 Å². The Bertz CT molecular complexity index is 546. The second-order valence-corrected chi connectivity index (χ2v) is 7.94. The highest BCUT2D eigenvalue weighted by molar-refractivity contribution is 6.56. The van der Waals surface area contributed by atoms with E-state index >= 15 is 0 Å². The van der Waals surface area contributed by atoms with Gasteiger partial charge in [0.2, 0.25) is 0 Å². The maximum Gasteiger partial charge on any atom is 0.491 e. The zero-order valence-electron chi connectivity index (χ0n) is 16.5. The van der Waals surface area contributed by atoms with Crippen molar-refractivity contribution in [1.82, 2.24) is 0 Å². The van der Waals surface area contributed by atoms with Gasteiger partial charge in [0.1, 0.15) is 0 Å². The molecule has 1 aliphatic heterocycles. The third kappa shape index (κ3) is 3.48. The molecule has 1 aromatic carbocycles. The van der Waals surface area contributed by atoms with E-state index in [0.29, 0.717) is 0 Å². The Morgan fingerprint density at radius 3 is 1.79 bits per heavy atom. The van der Waals surface area contributed by atoms with Crippen LogP contribution in [0.5, 0.6) is 0 Å². The minimum absolute atomic E-state index is 0.108. The van der Waals surface area contributed by atoms with Crippen LogP contribution in [-0.4, -0.2) is 18.3 Å². The molecule has 24 heavy (non-hydrogen) atoms. The summed E-state index contributed by atoms with van der Waals surface area (Å²) >= 11 is 0. The first kappa shape index (κ1) is 19.3. The van der Waals surface area contributed by atoms with Crippen LogP contribution in [0.4, 0.5) is 0 Å². The molecule has 0 unspecified atom stereocenters. The van der Waals surface area contributed by atoms with Gasteiger partial charge in [-0.25, -0.2) is 0 Å². The second kappa shape index (κ2) is 7.05. The molecule has 0 aromatic heterocycles. The van der Waals surface area contributed by atoms with E-state index in [4.69, 9.17) is 9.31 Å². The molecule has 2 nitrogen and oxygen atoms in total. The molecule has 1 aliphatic rings. The first-order chi connectivity index (χ1) is 11.2. The Morgan fingerprint density at radius 1 is 0.917 bits per heavy atom. The van der Waals surface area contributed by atoms with Crippen molar-refractivity contribution in [3.63, 3.8) is 0 Å². The monoisotopic (exact) mass is 328 g/mol. The minimum Gasteiger partial charge on any atom is -0.400 e. The summed E-state index contributed by atoms with van der Waals surface area (Å²) in [6.07, 6.45) is 5.55. The molecule has 1 fully saturated rings. The molecule has 0 radical (unpaired) electrons. The zero-order chi connectivity index (χ0) is 18.0. The molecule has 1 saturated heterocycles. The lowest BCUT2D eigenvalue weighted by Gasteiger charge is -2.35. The molecule has 2 rings (SSSR count). The number of hydrogen-bond acceptors (Lipinski definition) is 2. The summed E-state index contributed by atoms with van der Waals surface area (Å²) in [5, 5.41) is 0. The standard InChI is InChI=1S/C21H33BO2/c1-8-21(9-2,10-3)18(16-17-14-12-11-13-15-17)22-23-19(4,5)20(6,7)24-22/h11-16H,8-10H2,1-7H3. The largest absolute Gasteiger partial charge is 0.491 e. The summed E-state index contributed by atoms with van der Waals surface area (Å²) in [7, 11) is -0.282. The highest BCUT2D eigenvalue weighted by atomic mass is 16.7. The van der Waals surface area contributed by atoms with Crippen molar-refractivity contribution in [3.05, 3.63) is 41.4 Å². The van der Waals surface area contributed by atoms with Gasteiger partial charge in [-0.1, -0.05) is 57.2 Å². The van der Waals surface area contributed by atoms with Gasteiger partial charge in [0, 0.05) is 0 Å². The fourth-order valence-electron chi connectivity index (χ4n) is 3.53. The van der Waals surface area contributed by atoms with E-state index in [1.807, 2.05) is 0 Å². The third-order valence-corrected chi connectivity index (χ3v) is 6.27. The lowest BCUT2D eigenvalue weighted by molar-refractivity contribution is 0.00578.